The molecule has 1 heterocycles. The molecule has 5 nitrogen and oxygen atoms in total. The largest absolute Gasteiger partial charge is 0.497 e. The first kappa shape index (κ1) is 17.6. The first-order valence-electron chi connectivity index (χ1n) is 6.66. The minimum Gasteiger partial charge on any atom is -0.497 e. The monoisotopic (exact) mass is 372 g/mol. The maximum atomic E-state index is 11.9. The zero-order valence-electron chi connectivity index (χ0n) is 12.2. The summed E-state index contributed by atoms with van der Waals surface area (Å²) < 4.78 is 5.82. The number of thiophene rings is 1. The Kier molecular flexibility index (Phi) is 6.27. The molecule has 0 aliphatic carbocycles. The second kappa shape index (κ2) is 8.19. The Hall–Kier alpha value is -1.76. The van der Waals surface area contributed by atoms with E-state index in [1.807, 2.05) is 0 Å². The van der Waals surface area contributed by atoms with Gasteiger partial charge in [-0.3, -0.25) is 9.59 Å². The van der Waals surface area contributed by atoms with E-state index >= 15 is 0 Å². The molecule has 23 heavy (non-hydrogen) atoms. The van der Waals surface area contributed by atoms with E-state index in [1.165, 1.54) is 6.07 Å². The first-order chi connectivity index (χ1) is 11.0. The number of carbonyl (C=O) groups is 2. The molecule has 0 radical (unpaired) electrons. The summed E-state index contributed by atoms with van der Waals surface area (Å²) >= 11 is 12.8. The number of ether oxygens (including phenoxy) is 1. The third-order valence-electron chi connectivity index (χ3n) is 2.95. The van der Waals surface area contributed by atoms with E-state index in [2.05, 4.69) is 10.6 Å². The molecule has 2 rings (SSSR count). The van der Waals surface area contributed by atoms with E-state index in [0.717, 1.165) is 11.3 Å². The van der Waals surface area contributed by atoms with Crippen molar-refractivity contribution in [1.82, 2.24) is 10.6 Å². The molecule has 0 aliphatic rings. The Labute approximate surface area is 147 Å². The molecule has 122 valence electrons. The Balaban J connectivity index is 1.77. The van der Waals surface area contributed by atoms with Crippen LogP contribution in [0.15, 0.2) is 30.3 Å². The summed E-state index contributed by atoms with van der Waals surface area (Å²) in [4.78, 5) is 23.8. The van der Waals surface area contributed by atoms with Gasteiger partial charge in [0.15, 0.2) is 0 Å². The predicted molar refractivity (Wildman–Crippen MR) is 92.0 cm³/mol. The Bertz CT molecular complexity index is 701. The smallest absolute Gasteiger partial charge is 0.253 e. The highest BCUT2D eigenvalue weighted by atomic mass is 35.5. The number of benzene rings is 1. The van der Waals surface area contributed by atoms with Crippen LogP contribution in [-0.4, -0.2) is 32.0 Å². The van der Waals surface area contributed by atoms with Crippen molar-refractivity contribution in [1.29, 1.82) is 0 Å². The summed E-state index contributed by atoms with van der Waals surface area (Å²) in [5.41, 5.74) is 0.855. The van der Waals surface area contributed by atoms with Crippen molar-refractivity contribution in [2.75, 3.05) is 20.2 Å². The van der Waals surface area contributed by atoms with E-state index in [4.69, 9.17) is 27.9 Å². The quantitative estimate of drug-likeness (QED) is 0.764. The zero-order valence-corrected chi connectivity index (χ0v) is 14.5. The number of nitrogens with one attached hydrogen (secondary N) is 2. The molecular formula is C15H14Cl2N2O3S. The van der Waals surface area contributed by atoms with Gasteiger partial charge in [-0.25, -0.2) is 0 Å². The van der Waals surface area contributed by atoms with Gasteiger partial charge in [-0.15, -0.1) is 11.3 Å². The van der Waals surface area contributed by atoms with Crippen LogP contribution in [0.4, 0.5) is 0 Å². The summed E-state index contributed by atoms with van der Waals surface area (Å²) in [6, 6.07) is 8.26. The van der Waals surface area contributed by atoms with Crippen LogP contribution in [0.1, 0.15) is 20.7 Å². The Morgan fingerprint density at radius 2 is 1.70 bits per heavy atom. The molecular weight excluding hydrogens is 359 g/mol. The lowest BCUT2D eigenvalue weighted by Crippen LogP contribution is -2.34. The van der Waals surface area contributed by atoms with Crippen LogP contribution >= 0.6 is 34.5 Å². The van der Waals surface area contributed by atoms with E-state index < -0.39 is 0 Å². The van der Waals surface area contributed by atoms with E-state index in [1.54, 1.807) is 31.4 Å². The minimum atomic E-state index is -0.322. The molecule has 2 N–H and O–H groups in total. The molecule has 0 spiro atoms. The van der Waals surface area contributed by atoms with Gasteiger partial charge >= 0.3 is 0 Å². The third kappa shape index (κ3) is 4.86. The number of carbonyl (C=O) groups excluding carboxylic acids is 2. The van der Waals surface area contributed by atoms with Crippen LogP contribution in [0.25, 0.3) is 0 Å². The highest BCUT2D eigenvalue weighted by Crippen LogP contribution is 2.30. The molecule has 2 aromatic rings. The fourth-order valence-electron chi connectivity index (χ4n) is 1.79. The summed E-state index contributed by atoms with van der Waals surface area (Å²) in [5, 5.41) is 5.38. The SMILES string of the molecule is COc1ccc(C(=O)NCCNC(=O)c2cc(Cl)sc2Cl)cc1. The van der Waals surface area contributed by atoms with Gasteiger partial charge in [-0.05, 0) is 30.3 Å². The van der Waals surface area contributed by atoms with Gasteiger partial charge in [0.25, 0.3) is 11.8 Å². The maximum absolute atomic E-state index is 11.9. The van der Waals surface area contributed by atoms with Crippen molar-refractivity contribution in [3.63, 3.8) is 0 Å². The molecule has 1 aromatic heterocycles. The number of methoxy groups -OCH3 is 1. The van der Waals surface area contributed by atoms with Crippen molar-refractivity contribution in [2.45, 2.75) is 0 Å². The molecule has 1 aromatic carbocycles. The van der Waals surface area contributed by atoms with Gasteiger partial charge < -0.3 is 15.4 Å². The van der Waals surface area contributed by atoms with E-state index in [-0.39, 0.29) is 18.4 Å². The third-order valence-corrected chi connectivity index (χ3v) is 4.44. The van der Waals surface area contributed by atoms with Crippen molar-refractivity contribution in [2.24, 2.45) is 0 Å². The van der Waals surface area contributed by atoms with Gasteiger partial charge in [0.1, 0.15) is 10.1 Å². The lowest BCUT2D eigenvalue weighted by atomic mass is 10.2. The predicted octanol–water partition coefficient (Wildman–Crippen LogP) is 3.22. The second-order valence-corrected chi connectivity index (χ2v) is 6.76. The van der Waals surface area contributed by atoms with Crippen molar-refractivity contribution in [3.8, 4) is 5.75 Å². The molecule has 0 unspecified atom stereocenters. The van der Waals surface area contributed by atoms with Crippen LogP contribution < -0.4 is 15.4 Å². The van der Waals surface area contributed by atoms with Gasteiger partial charge in [-0.1, -0.05) is 23.2 Å². The fourth-order valence-corrected chi connectivity index (χ4v) is 3.25. The fraction of sp³-hybridized carbons (Fsp3) is 0.200. The number of hydrogen-bond acceptors (Lipinski definition) is 4. The number of hydrogen-bond donors (Lipinski definition) is 2. The van der Waals surface area contributed by atoms with Crippen LogP contribution in [0.3, 0.4) is 0 Å². The van der Waals surface area contributed by atoms with Gasteiger partial charge in [0.2, 0.25) is 0 Å². The summed E-state index contributed by atoms with van der Waals surface area (Å²) in [6.07, 6.45) is 0. The topological polar surface area (TPSA) is 67.4 Å². The lowest BCUT2D eigenvalue weighted by Gasteiger charge is -2.07. The van der Waals surface area contributed by atoms with Crippen LogP contribution in [0.5, 0.6) is 5.75 Å². The second-order valence-electron chi connectivity index (χ2n) is 4.48. The van der Waals surface area contributed by atoms with Crippen molar-refractivity contribution in [3.05, 3.63) is 50.1 Å². The molecule has 0 bridgehead atoms. The number of amides is 2. The molecule has 2 amide bonds. The Morgan fingerprint density at radius 1 is 1.09 bits per heavy atom. The molecule has 8 heteroatoms. The number of halogens is 2. The standard InChI is InChI=1S/C15H14Cl2N2O3S/c1-22-10-4-2-9(3-5-10)14(20)18-6-7-19-15(21)11-8-12(16)23-13(11)17/h2-5,8H,6-7H2,1H3,(H,18,20)(H,19,21). The van der Waals surface area contributed by atoms with Crippen LogP contribution in [0, 0.1) is 0 Å². The highest BCUT2D eigenvalue weighted by molar-refractivity contribution is 7.20. The zero-order chi connectivity index (χ0) is 16.8. The van der Waals surface area contributed by atoms with Crippen LogP contribution in [-0.2, 0) is 0 Å². The van der Waals surface area contributed by atoms with Crippen molar-refractivity contribution < 1.29 is 14.3 Å². The molecule has 0 atom stereocenters. The average molecular weight is 373 g/mol. The van der Waals surface area contributed by atoms with E-state index in [9.17, 15) is 9.59 Å². The summed E-state index contributed by atoms with van der Waals surface area (Å²) in [6.45, 7) is 0.580. The van der Waals surface area contributed by atoms with Crippen molar-refractivity contribution >= 4 is 46.4 Å². The molecule has 0 saturated heterocycles. The first-order valence-corrected chi connectivity index (χ1v) is 8.24. The highest BCUT2D eigenvalue weighted by Gasteiger charge is 2.13. The lowest BCUT2D eigenvalue weighted by molar-refractivity contribution is 0.0928. The number of rotatable bonds is 6. The van der Waals surface area contributed by atoms with Gasteiger partial charge in [0.05, 0.1) is 17.0 Å². The van der Waals surface area contributed by atoms with E-state index in [0.29, 0.717) is 32.1 Å². The van der Waals surface area contributed by atoms with Crippen LogP contribution in [0.2, 0.25) is 8.67 Å². The average Bonchev–Trinajstić information content (AvgIpc) is 2.89. The van der Waals surface area contributed by atoms with Gasteiger partial charge in [0, 0.05) is 18.7 Å². The Morgan fingerprint density at radius 3 is 2.22 bits per heavy atom. The minimum absolute atomic E-state index is 0.224. The van der Waals surface area contributed by atoms with Gasteiger partial charge in [-0.2, -0.15) is 0 Å². The molecule has 0 fully saturated rings. The maximum Gasteiger partial charge on any atom is 0.253 e. The molecule has 0 saturated carbocycles. The normalized spacial score (nSPS) is 10.2. The summed E-state index contributed by atoms with van der Waals surface area (Å²) in [7, 11) is 1.56. The summed E-state index contributed by atoms with van der Waals surface area (Å²) in [5.74, 6) is 0.135. The molecule has 0 aliphatic heterocycles.